The maximum absolute atomic E-state index is 13.7. The molecule has 0 aliphatic carbocycles. The van der Waals surface area contributed by atoms with Crippen molar-refractivity contribution >= 4 is 22.6 Å². The first-order valence-electron chi connectivity index (χ1n) is 10.2. The van der Waals surface area contributed by atoms with Crippen molar-refractivity contribution in [1.29, 1.82) is 0 Å². The molecular weight excluding hydrogens is 376 g/mol. The Bertz CT molecular complexity index is 1220. The summed E-state index contributed by atoms with van der Waals surface area (Å²) in [7, 11) is 1.84. The molecule has 154 valence electrons. The minimum absolute atomic E-state index is 0.0662. The number of aryl methyl sites for hydroxylation is 3. The number of pyridine rings is 1. The van der Waals surface area contributed by atoms with E-state index < -0.39 is 0 Å². The molecule has 0 aliphatic rings. The molecule has 1 aromatic carbocycles. The molecule has 3 aromatic heterocycles. The molecule has 0 atom stereocenters. The minimum Gasteiger partial charge on any atom is -0.309 e. The number of fused-ring (bicyclic) bond motifs is 1. The van der Waals surface area contributed by atoms with Crippen molar-refractivity contribution in [2.24, 2.45) is 7.05 Å². The van der Waals surface area contributed by atoms with Crippen molar-refractivity contribution in [3.05, 3.63) is 59.5 Å². The number of rotatable bonds is 5. The lowest BCUT2D eigenvalue weighted by atomic mass is 10.0. The molecule has 30 heavy (non-hydrogen) atoms. The predicted octanol–water partition coefficient (Wildman–Crippen LogP) is 4.14. The Balaban J connectivity index is 1.92. The van der Waals surface area contributed by atoms with Gasteiger partial charge in [-0.2, -0.15) is 10.2 Å². The third-order valence-corrected chi connectivity index (χ3v) is 5.50. The number of para-hydroxylation sites is 1. The number of amides is 1. The van der Waals surface area contributed by atoms with E-state index in [1.165, 1.54) is 0 Å². The van der Waals surface area contributed by atoms with Gasteiger partial charge in [-0.1, -0.05) is 18.2 Å². The van der Waals surface area contributed by atoms with Crippen molar-refractivity contribution in [3.8, 4) is 11.3 Å². The molecule has 0 spiro atoms. The second kappa shape index (κ2) is 7.74. The van der Waals surface area contributed by atoms with Gasteiger partial charge in [0.1, 0.15) is 0 Å². The quantitative estimate of drug-likeness (QED) is 0.503. The SMILES string of the molecule is CCN(C(=O)c1cc(-c2c(C)nn(CC)c2C)nc2c1cnn2C)c1ccccc1. The fraction of sp³-hybridized carbons (Fsp3) is 0.304. The number of benzene rings is 1. The van der Waals surface area contributed by atoms with Crippen LogP contribution in [0.5, 0.6) is 0 Å². The van der Waals surface area contributed by atoms with E-state index in [1.54, 1.807) is 15.8 Å². The van der Waals surface area contributed by atoms with Crippen molar-refractivity contribution in [2.45, 2.75) is 34.2 Å². The van der Waals surface area contributed by atoms with Crippen molar-refractivity contribution < 1.29 is 4.79 Å². The third-order valence-electron chi connectivity index (χ3n) is 5.50. The number of hydrogen-bond acceptors (Lipinski definition) is 4. The first-order chi connectivity index (χ1) is 14.5. The molecule has 4 rings (SSSR count). The summed E-state index contributed by atoms with van der Waals surface area (Å²) in [5.74, 6) is -0.0662. The van der Waals surface area contributed by atoms with Crippen LogP contribution in [0.25, 0.3) is 22.3 Å². The van der Waals surface area contributed by atoms with E-state index in [-0.39, 0.29) is 5.91 Å². The first kappa shape index (κ1) is 19.8. The monoisotopic (exact) mass is 402 g/mol. The Morgan fingerprint density at radius 2 is 1.87 bits per heavy atom. The van der Waals surface area contributed by atoms with Crippen LogP contribution in [-0.2, 0) is 13.6 Å². The molecule has 0 N–H and O–H groups in total. The smallest absolute Gasteiger partial charge is 0.259 e. The van der Waals surface area contributed by atoms with E-state index in [4.69, 9.17) is 4.98 Å². The molecule has 0 saturated heterocycles. The highest BCUT2D eigenvalue weighted by molar-refractivity contribution is 6.13. The molecule has 3 heterocycles. The molecule has 0 saturated carbocycles. The van der Waals surface area contributed by atoms with Crippen LogP contribution >= 0.6 is 0 Å². The van der Waals surface area contributed by atoms with E-state index in [0.717, 1.165) is 40.3 Å². The number of carbonyl (C=O) groups excluding carboxylic acids is 1. The van der Waals surface area contributed by atoms with Gasteiger partial charge >= 0.3 is 0 Å². The van der Waals surface area contributed by atoms with E-state index in [1.807, 2.05) is 68.9 Å². The van der Waals surface area contributed by atoms with Crippen LogP contribution < -0.4 is 4.90 Å². The normalized spacial score (nSPS) is 11.2. The van der Waals surface area contributed by atoms with Crippen LogP contribution in [-0.4, -0.2) is 37.0 Å². The molecule has 0 bridgehead atoms. The zero-order valence-corrected chi connectivity index (χ0v) is 18.0. The van der Waals surface area contributed by atoms with Crippen LogP contribution in [0.4, 0.5) is 5.69 Å². The van der Waals surface area contributed by atoms with Gasteiger partial charge in [0.05, 0.1) is 28.5 Å². The molecule has 4 aromatic rings. The number of aromatic nitrogens is 5. The highest BCUT2D eigenvalue weighted by Gasteiger charge is 2.24. The van der Waals surface area contributed by atoms with E-state index in [9.17, 15) is 4.79 Å². The van der Waals surface area contributed by atoms with Gasteiger partial charge < -0.3 is 4.90 Å². The van der Waals surface area contributed by atoms with Gasteiger partial charge in [0.15, 0.2) is 5.65 Å². The molecule has 0 aliphatic heterocycles. The van der Waals surface area contributed by atoms with Gasteiger partial charge in [-0.05, 0) is 45.9 Å². The van der Waals surface area contributed by atoms with Crippen LogP contribution in [0.15, 0.2) is 42.6 Å². The Hall–Kier alpha value is -3.48. The highest BCUT2D eigenvalue weighted by atomic mass is 16.2. The molecular formula is C23H26N6O. The van der Waals surface area contributed by atoms with Gasteiger partial charge in [-0.15, -0.1) is 0 Å². The third kappa shape index (κ3) is 3.16. The number of nitrogens with zero attached hydrogens (tertiary/aromatic N) is 6. The number of carbonyl (C=O) groups is 1. The fourth-order valence-electron chi connectivity index (χ4n) is 3.99. The minimum atomic E-state index is -0.0662. The molecule has 1 amide bonds. The van der Waals surface area contributed by atoms with Crippen LogP contribution in [0.3, 0.4) is 0 Å². The summed E-state index contributed by atoms with van der Waals surface area (Å²) in [5.41, 5.74) is 5.80. The lowest BCUT2D eigenvalue weighted by Crippen LogP contribution is -2.30. The number of anilines is 1. The summed E-state index contributed by atoms with van der Waals surface area (Å²) in [6, 6.07) is 11.6. The lowest BCUT2D eigenvalue weighted by Gasteiger charge is -2.21. The summed E-state index contributed by atoms with van der Waals surface area (Å²) in [4.78, 5) is 20.3. The fourth-order valence-corrected chi connectivity index (χ4v) is 3.99. The lowest BCUT2D eigenvalue weighted by molar-refractivity contribution is 0.0990. The first-order valence-corrected chi connectivity index (χ1v) is 10.2. The highest BCUT2D eigenvalue weighted by Crippen LogP contribution is 2.30. The molecule has 0 radical (unpaired) electrons. The average molecular weight is 403 g/mol. The Kier molecular flexibility index (Phi) is 5.11. The number of hydrogen-bond donors (Lipinski definition) is 0. The second-order valence-electron chi connectivity index (χ2n) is 7.31. The molecule has 0 unspecified atom stereocenters. The van der Waals surface area contributed by atoms with Gasteiger partial charge in [-0.3, -0.25) is 14.2 Å². The summed E-state index contributed by atoms with van der Waals surface area (Å²) in [6.45, 7) is 9.41. The molecule has 7 nitrogen and oxygen atoms in total. The van der Waals surface area contributed by atoms with Crippen molar-refractivity contribution in [3.63, 3.8) is 0 Å². The summed E-state index contributed by atoms with van der Waals surface area (Å²) in [5, 5.41) is 9.74. The molecule has 7 heteroatoms. The van der Waals surface area contributed by atoms with E-state index >= 15 is 0 Å². The second-order valence-corrected chi connectivity index (χ2v) is 7.31. The van der Waals surface area contributed by atoms with E-state index in [0.29, 0.717) is 17.8 Å². The maximum Gasteiger partial charge on any atom is 0.259 e. The summed E-state index contributed by atoms with van der Waals surface area (Å²) in [6.07, 6.45) is 1.72. The van der Waals surface area contributed by atoms with Gasteiger partial charge in [0.25, 0.3) is 5.91 Å². The Morgan fingerprint density at radius 3 is 2.50 bits per heavy atom. The molecule has 0 fully saturated rings. The Labute approximate surface area is 176 Å². The topological polar surface area (TPSA) is 68.8 Å². The zero-order valence-electron chi connectivity index (χ0n) is 18.0. The van der Waals surface area contributed by atoms with Gasteiger partial charge in [-0.25, -0.2) is 4.98 Å². The van der Waals surface area contributed by atoms with Crippen molar-refractivity contribution in [2.75, 3.05) is 11.4 Å². The largest absolute Gasteiger partial charge is 0.309 e. The summed E-state index contributed by atoms with van der Waals surface area (Å²) < 4.78 is 3.67. The standard InChI is InChI=1S/C23H26N6O/c1-6-28(17-11-9-8-10-12-17)23(30)18-13-20(25-22-19(18)14-24-27(22)5)21-15(3)26-29(7-2)16(21)4/h8-14H,6-7H2,1-5H3. The maximum atomic E-state index is 13.7. The van der Waals surface area contributed by atoms with Gasteiger partial charge in [0, 0.05) is 37.1 Å². The predicted molar refractivity (Wildman–Crippen MR) is 119 cm³/mol. The van der Waals surface area contributed by atoms with Crippen LogP contribution in [0.2, 0.25) is 0 Å². The van der Waals surface area contributed by atoms with Crippen LogP contribution in [0, 0.1) is 13.8 Å². The van der Waals surface area contributed by atoms with Crippen LogP contribution in [0.1, 0.15) is 35.6 Å². The zero-order chi connectivity index (χ0) is 21.4. The van der Waals surface area contributed by atoms with E-state index in [2.05, 4.69) is 17.1 Å². The summed E-state index contributed by atoms with van der Waals surface area (Å²) >= 11 is 0. The van der Waals surface area contributed by atoms with Crippen molar-refractivity contribution in [1.82, 2.24) is 24.5 Å². The van der Waals surface area contributed by atoms with Gasteiger partial charge in [0.2, 0.25) is 0 Å². The average Bonchev–Trinajstić information content (AvgIpc) is 3.27. The Morgan fingerprint density at radius 1 is 1.13 bits per heavy atom.